The zero-order valence-corrected chi connectivity index (χ0v) is 21.8. The van der Waals surface area contributed by atoms with Gasteiger partial charge in [-0.05, 0) is 51.5 Å². The third-order valence-corrected chi connectivity index (χ3v) is 6.81. The fourth-order valence-electron chi connectivity index (χ4n) is 4.88. The topological polar surface area (TPSA) is 112 Å². The summed E-state index contributed by atoms with van der Waals surface area (Å²) in [5.41, 5.74) is 1.96. The molecule has 1 fully saturated rings. The van der Waals surface area contributed by atoms with Crippen LogP contribution in [-0.2, 0) is 14.3 Å². The van der Waals surface area contributed by atoms with Crippen molar-refractivity contribution in [1.82, 2.24) is 14.8 Å². The summed E-state index contributed by atoms with van der Waals surface area (Å²) in [6.07, 6.45) is 0.662. The molecular weight excluding hydrogens is 462 g/mol. The number of carbonyl (C=O) groups is 3. The standard InChI is InChI=1S/C27H35N3O6/c1-7-29(8-2)14-11-15-30-23(18-12-9-10-13-19(18)35-5)21(25(32)26(30)33)24(31)20-16(3)22(27(34)36-6)28-17(20)4/h9-10,12-13,23,28,31H,7-8,11,14-15H2,1-6H3/b24-21+/t23-/m0/s1. The lowest BCUT2D eigenvalue weighted by atomic mass is 9.93. The number of methoxy groups -OCH3 is 2. The number of hydrogen-bond donors (Lipinski definition) is 2. The van der Waals surface area contributed by atoms with Crippen LogP contribution in [0.15, 0.2) is 29.8 Å². The molecule has 1 amide bonds. The second-order valence-electron chi connectivity index (χ2n) is 8.73. The molecule has 2 N–H and O–H groups in total. The second-order valence-corrected chi connectivity index (χ2v) is 8.73. The molecule has 2 heterocycles. The molecule has 1 aromatic carbocycles. The van der Waals surface area contributed by atoms with Gasteiger partial charge in [0.25, 0.3) is 11.7 Å². The Morgan fingerprint density at radius 3 is 2.42 bits per heavy atom. The van der Waals surface area contributed by atoms with E-state index in [2.05, 4.69) is 23.7 Å². The zero-order valence-electron chi connectivity index (χ0n) is 21.8. The third-order valence-electron chi connectivity index (χ3n) is 6.81. The molecule has 0 aliphatic carbocycles. The van der Waals surface area contributed by atoms with Crippen molar-refractivity contribution in [2.24, 2.45) is 0 Å². The number of hydrogen-bond acceptors (Lipinski definition) is 7. The number of amides is 1. The van der Waals surface area contributed by atoms with Crippen LogP contribution in [0, 0.1) is 13.8 Å². The summed E-state index contributed by atoms with van der Waals surface area (Å²) >= 11 is 0. The zero-order chi connectivity index (χ0) is 26.6. The van der Waals surface area contributed by atoms with Crippen molar-refractivity contribution in [1.29, 1.82) is 0 Å². The number of H-pyrrole nitrogens is 1. The number of nitrogens with one attached hydrogen (secondary N) is 1. The van der Waals surface area contributed by atoms with E-state index in [9.17, 15) is 19.5 Å². The Balaban J connectivity index is 2.16. The van der Waals surface area contributed by atoms with Crippen molar-refractivity contribution < 1.29 is 29.0 Å². The van der Waals surface area contributed by atoms with Crippen LogP contribution in [0.1, 0.15) is 59.2 Å². The number of carbonyl (C=O) groups excluding carboxylic acids is 3. The van der Waals surface area contributed by atoms with E-state index < -0.39 is 23.7 Å². The molecule has 1 saturated heterocycles. The molecule has 1 aliphatic heterocycles. The van der Waals surface area contributed by atoms with Gasteiger partial charge >= 0.3 is 5.97 Å². The summed E-state index contributed by atoms with van der Waals surface area (Å²) < 4.78 is 10.4. The number of Topliss-reactive ketones (excluding diaryl/α,β-unsaturated/α-hetero) is 1. The summed E-state index contributed by atoms with van der Waals surface area (Å²) in [6, 6.07) is 6.31. The summed E-state index contributed by atoms with van der Waals surface area (Å²) in [5, 5.41) is 11.5. The van der Waals surface area contributed by atoms with Crippen molar-refractivity contribution in [3.8, 4) is 5.75 Å². The van der Waals surface area contributed by atoms with E-state index in [1.165, 1.54) is 19.1 Å². The molecular formula is C27H35N3O6. The largest absolute Gasteiger partial charge is 0.507 e. The average Bonchev–Trinajstić information content (AvgIpc) is 3.32. The van der Waals surface area contributed by atoms with Crippen LogP contribution in [0.4, 0.5) is 0 Å². The van der Waals surface area contributed by atoms with E-state index in [1.54, 1.807) is 38.1 Å². The lowest BCUT2D eigenvalue weighted by Crippen LogP contribution is -2.33. The van der Waals surface area contributed by atoms with Crippen LogP contribution >= 0.6 is 0 Å². The van der Waals surface area contributed by atoms with Crippen molar-refractivity contribution in [3.05, 3.63) is 57.9 Å². The van der Waals surface area contributed by atoms with Gasteiger partial charge in [-0.3, -0.25) is 9.59 Å². The summed E-state index contributed by atoms with van der Waals surface area (Å²) in [6.45, 7) is 10.4. The predicted octanol–water partition coefficient (Wildman–Crippen LogP) is 3.58. The van der Waals surface area contributed by atoms with E-state index in [0.717, 1.165) is 19.6 Å². The first kappa shape index (κ1) is 27.0. The van der Waals surface area contributed by atoms with Crippen LogP contribution in [0.2, 0.25) is 0 Å². The molecule has 1 aromatic heterocycles. The Hall–Kier alpha value is -3.59. The van der Waals surface area contributed by atoms with Crippen molar-refractivity contribution in [3.63, 3.8) is 0 Å². The molecule has 1 aliphatic rings. The predicted molar refractivity (Wildman–Crippen MR) is 136 cm³/mol. The molecule has 9 heteroatoms. The molecule has 2 aromatic rings. The SMILES string of the molecule is CCN(CC)CCCN1C(=O)C(=O)/C(=C(/O)c2c(C)[nH]c(C(=O)OC)c2C)[C@@H]1c1ccccc1OC. The van der Waals surface area contributed by atoms with Gasteiger partial charge in [0.1, 0.15) is 17.2 Å². The molecule has 0 saturated carbocycles. The summed E-state index contributed by atoms with van der Waals surface area (Å²) in [7, 11) is 2.79. The maximum atomic E-state index is 13.4. The van der Waals surface area contributed by atoms with Gasteiger partial charge in [0.2, 0.25) is 0 Å². The number of ether oxygens (including phenoxy) is 2. The fourth-order valence-corrected chi connectivity index (χ4v) is 4.88. The lowest BCUT2D eigenvalue weighted by molar-refractivity contribution is -0.140. The first-order valence-electron chi connectivity index (χ1n) is 12.1. The number of aryl methyl sites for hydroxylation is 1. The van der Waals surface area contributed by atoms with E-state index in [-0.39, 0.29) is 17.0 Å². The van der Waals surface area contributed by atoms with Crippen molar-refractivity contribution in [2.45, 2.75) is 40.2 Å². The van der Waals surface area contributed by atoms with Gasteiger partial charge in [-0.1, -0.05) is 32.0 Å². The number of aromatic nitrogens is 1. The Morgan fingerprint density at radius 2 is 1.81 bits per heavy atom. The number of aromatic amines is 1. The van der Waals surface area contributed by atoms with Crippen molar-refractivity contribution in [2.75, 3.05) is 40.4 Å². The van der Waals surface area contributed by atoms with E-state index in [0.29, 0.717) is 41.1 Å². The van der Waals surface area contributed by atoms with Gasteiger partial charge in [0.05, 0.1) is 25.8 Å². The number of esters is 1. The first-order chi connectivity index (χ1) is 17.2. The molecule has 1 atom stereocenters. The van der Waals surface area contributed by atoms with Crippen LogP contribution < -0.4 is 4.74 Å². The highest BCUT2D eigenvalue weighted by atomic mass is 16.5. The minimum atomic E-state index is -0.840. The van der Waals surface area contributed by atoms with Gasteiger partial charge < -0.3 is 29.4 Å². The van der Waals surface area contributed by atoms with E-state index in [4.69, 9.17) is 9.47 Å². The first-order valence-corrected chi connectivity index (χ1v) is 12.1. The fraction of sp³-hybridized carbons (Fsp3) is 0.444. The van der Waals surface area contributed by atoms with Gasteiger partial charge in [0, 0.05) is 23.4 Å². The van der Waals surface area contributed by atoms with Gasteiger partial charge in [0.15, 0.2) is 0 Å². The number of aliphatic hydroxyl groups is 1. The van der Waals surface area contributed by atoms with E-state index in [1.807, 2.05) is 0 Å². The van der Waals surface area contributed by atoms with Crippen LogP contribution in [0.5, 0.6) is 5.75 Å². The molecule has 9 nitrogen and oxygen atoms in total. The molecule has 194 valence electrons. The number of para-hydroxylation sites is 1. The molecule has 36 heavy (non-hydrogen) atoms. The van der Waals surface area contributed by atoms with Crippen molar-refractivity contribution >= 4 is 23.4 Å². The number of ketones is 1. The minimum absolute atomic E-state index is 0.0334. The Morgan fingerprint density at radius 1 is 1.14 bits per heavy atom. The van der Waals surface area contributed by atoms with Crippen LogP contribution in [0.3, 0.4) is 0 Å². The normalized spacial score (nSPS) is 17.2. The number of rotatable bonds is 10. The molecule has 3 rings (SSSR count). The quantitative estimate of drug-likeness (QED) is 0.223. The highest BCUT2D eigenvalue weighted by Gasteiger charge is 2.47. The monoisotopic (exact) mass is 497 g/mol. The number of aliphatic hydroxyl groups excluding tert-OH is 1. The van der Waals surface area contributed by atoms with Crippen LogP contribution in [-0.4, -0.2) is 77.9 Å². The third kappa shape index (κ3) is 4.88. The molecule has 0 spiro atoms. The number of likely N-dealkylation sites (tertiary alicyclic amines) is 1. The van der Waals surface area contributed by atoms with Gasteiger partial charge in [-0.25, -0.2) is 4.79 Å². The molecule has 0 radical (unpaired) electrons. The minimum Gasteiger partial charge on any atom is -0.507 e. The van der Waals surface area contributed by atoms with Crippen LogP contribution in [0.25, 0.3) is 5.76 Å². The average molecular weight is 498 g/mol. The lowest BCUT2D eigenvalue weighted by Gasteiger charge is -2.27. The second kappa shape index (κ2) is 11.4. The smallest absolute Gasteiger partial charge is 0.354 e. The Labute approximate surface area is 211 Å². The summed E-state index contributed by atoms with van der Waals surface area (Å²) in [4.78, 5) is 45.5. The van der Waals surface area contributed by atoms with E-state index >= 15 is 0 Å². The van der Waals surface area contributed by atoms with Gasteiger partial charge in [-0.2, -0.15) is 0 Å². The highest BCUT2D eigenvalue weighted by Crippen LogP contribution is 2.43. The molecule has 0 bridgehead atoms. The van der Waals surface area contributed by atoms with Gasteiger partial charge in [-0.15, -0.1) is 0 Å². The summed E-state index contributed by atoms with van der Waals surface area (Å²) in [5.74, 6) is -1.87. The Bertz CT molecular complexity index is 1180. The number of nitrogens with zero attached hydrogens (tertiary/aromatic N) is 2. The maximum Gasteiger partial charge on any atom is 0.354 e. The maximum absolute atomic E-state index is 13.4. The highest BCUT2D eigenvalue weighted by molar-refractivity contribution is 6.46. The molecule has 0 unspecified atom stereocenters. The Kier molecular flexibility index (Phi) is 8.57. The number of benzene rings is 1.